The van der Waals surface area contributed by atoms with Crippen molar-refractivity contribution in [2.45, 2.75) is 32.8 Å². The summed E-state index contributed by atoms with van der Waals surface area (Å²) >= 11 is 3.23. The van der Waals surface area contributed by atoms with Crippen LogP contribution in [-0.2, 0) is 4.74 Å². The monoisotopic (exact) mass is 346 g/mol. The normalized spacial score (nSPS) is 11.1. The van der Waals surface area contributed by atoms with E-state index in [1.807, 2.05) is 20.8 Å². The van der Waals surface area contributed by atoms with Crippen LogP contribution in [-0.4, -0.2) is 24.8 Å². The zero-order chi connectivity index (χ0) is 15.2. The van der Waals surface area contributed by atoms with Crippen molar-refractivity contribution in [1.82, 2.24) is 5.32 Å². The molecular weight excluding hydrogens is 327 g/mol. The van der Waals surface area contributed by atoms with Gasteiger partial charge in [0.05, 0.1) is 0 Å². The molecule has 20 heavy (non-hydrogen) atoms. The molecule has 0 saturated carbocycles. The summed E-state index contributed by atoms with van der Waals surface area (Å²) in [6, 6.07) is 4.62. The molecule has 0 radical (unpaired) electrons. The minimum Gasteiger partial charge on any atom is -0.444 e. The third kappa shape index (κ3) is 7.33. The van der Waals surface area contributed by atoms with Crippen LogP contribution in [0.15, 0.2) is 22.7 Å². The number of benzene rings is 1. The number of hydrogen-bond donors (Lipinski definition) is 2. The van der Waals surface area contributed by atoms with Crippen LogP contribution in [0.3, 0.4) is 0 Å². The fraction of sp³-hybridized carbons (Fsp3) is 0.500. The molecule has 0 atom stereocenters. The van der Waals surface area contributed by atoms with Crippen LogP contribution in [0, 0.1) is 5.82 Å². The number of carbonyl (C=O) groups excluding carboxylic acids is 1. The van der Waals surface area contributed by atoms with Gasteiger partial charge >= 0.3 is 6.09 Å². The predicted molar refractivity (Wildman–Crippen MR) is 81.4 cm³/mol. The number of nitrogens with one attached hydrogen (secondary N) is 2. The van der Waals surface area contributed by atoms with Crippen LogP contribution in [0.2, 0.25) is 0 Å². The Balaban J connectivity index is 2.20. The molecule has 0 spiro atoms. The molecule has 6 heteroatoms. The molecule has 0 aliphatic carbocycles. The molecule has 112 valence electrons. The molecule has 0 aliphatic heterocycles. The van der Waals surface area contributed by atoms with Crippen LogP contribution in [0.1, 0.15) is 27.2 Å². The second-order valence-corrected chi connectivity index (χ2v) is 6.28. The molecule has 0 heterocycles. The highest BCUT2D eigenvalue weighted by molar-refractivity contribution is 9.10. The van der Waals surface area contributed by atoms with E-state index in [9.17, 15) is 9.18 Å². The van der Waals surface area contributed by atoms with Crippen molar-refractivity contribution in [2.75, 3.05) is 18.4 Å². The Hall–Kier alpha value is -1.30. The number of rotatable bonds is 5. The van der Waals surface area contributed by atoms with E-state index in [2.05, 4.69) is 26.6 Å². The van der Waals surface area contributed by atoms with Gasteiger partial charge in [0.15, 0.2) is 0 Å². The number of anilines is 1. The van der Waals surface area contributed by atoms with Gasteiger partial charge in [0, 0.05) is 23.2 Å². The van der Waals surface area contributed by atoms with Gasteiger partial charge in [-0.25, -0.2) is 9.18 Å². The minimum absolute atomic E-state index is 0.297. The molecule has 1 aromatic carbocycles. The van der Waals surface area contributed by atoms with E-state index in [0.29, 0.717) is 29.7 Å². The summed E-state index contributed by atoms with van der Waals surface area (Å²) in [7, 11) is 0. The van der Waals surface area contributed by atoms with Crippen molar-refractivity contribution >= 4 is 27.7 Å². The topological polar surface area (TPSA) is 50.4 Å². The third-order valence-electron chi connectivity index (χ3n) is 2.21. The molecule has 1 rings (SSSR count). The lowest BCUT2D eigenvalue weighted by molar-refractivity contribution is 0.0528. The summed E-state index contributed by atoms with van der Waals surface area (Å²) in [5.74, 6) is -0.297. The van der Waals surface area contributed by atoms with Crippen molar-refractivity contribution < 1.29 is 13.9 Å². The summed E-state index contributed by atoms with van der Waals surface area (Å²) < 4.78 is 18.9. The largest absolute Gasteiger partial charge is 0.444 e. The molecule has 0 aromatic heterocycles. The lowest BCUT2D eigenvalue weighted by Crippen LogP contribution is -2.33. The first-order valence-electron chi connectivity index (χ1n) is 6.43. The number of halogens is 2. The summed E-state index contributed by atoms with van der Waals surface area (Å²) in [6.07, 6.45) is 0.291. The summed E-state index contributed by atoms with van der Waals surface area (Å²) in [4.78, 5) is 11.4. The van der Waals surface area contributed by atoms with E-state index in [1.165, 1.54) is 12.1 Å². The van der Waals surface area contributed by atoms with Gasteiger partial charge in [0.1, 0.15) is 11.4 Å². The lowest BCUT2D eigenvalue weighted by atomic mass is 10.2. The maximum absolute atomic E-state index is 13.1. The highest BCUT2D eigenvalue weighted by atomic mass is 79.9. The van der Waals surface area contributed by atoms with Crippen LogP contribution in [0.5, 0.6) is 0 Å². The minimum atomic E-state index is -0.490. The van der Waals surface area contributed by atoms with E-state index in [0.717, 1.165) is 0 Å². The van der Waals surface area contributed by atoms with Crippen molar-refractivity contribution in [1.29, 1.82) is 0 Å². The van der Waals surface area contributed by atoms with Crippen LogP contribution < -0.4 is 10.6 Å². The van der Waals surface area contributed by atoms with Gasteiger partial charge in [0.2, 0.25) is 0 Å². The van der Waals surface area contributed by atoms with E-state index >= 15 is 0 Å². The Kier molecular flexibility index (Phi) is 6.26. The Morgan fingerprint density at radius 1 is 1.30 bits per heavy atom. The zero-order valence-electron chi connectivity index (χ0n) is 11.9. The summed E-state index contributed by atoms with van der Waals surface area (Å²) in [5, 5.41) is 5.75. The number of hydrogen-bond acceptors (Lipinski definition) is 3. The third-order valence-corrected chi connectivity index (χ3v) is 2.67. The zero-order valence-corrected chi connectivity index (χ0v) is 13.5. The molecule has 1 aromatic rings. The highest BCUT2D eigenvalue weighted by Crippen LogP contribution is 2.18. The quantitative estimate of drug-likeness (QED) is 0.794. The van der Waals surface area contributed by atoms with Crippen molar-refractivity contribution in [3.8, 4) is 0 Å². The Morgan fingerprint density at radius 3 is 2.60 bits per heavy atom. The first kappa shape index (κ1) is 16.8. The second-order valence-electron chi connectivity index (χ2n) is 5.37. The molecule has 0 bridgehead atoms. The first-order chi connectivity index (χ1) is 9.26. The second kappa shape index (κ2) is 7.47. The van der Waals surface area contributed by atoms with E-state index in [1.54, 1.807) is 6.07 Å². The van der Waals surface area contributed by atoms with Gasteiger partial charge in [-0.15, -0.1) is 0 Å². The van der Waals surface area contributed by atoms with Gasteiger partial charge in [0.25, 0.3) is 0 Å². The Labute approximate surface area is 127 Å². The lowest BCUT2D eigenvalue weighted by Gasteiger charge is -2.19. The average molecular weight is 347 g/mol. The molecule has 2 N–H and O–H groups in total. The summed E-state index contributed by atoms with van der Waals surface area (Å²) in [6.45, 7) is 6.58. The SMILES string of the molecule is CC(C)(C)OC(=O)NCCCNc1cc(F)cc(Br)c1. The van der Waals surface area contributed by atoms with Gasteiger partial charge in [-0.1, -0.05) is 15.9 Å². The van der Waals surface area contributed by atoms with Gasteiger partial charge < -0.3 is 15.4 Å². The van der Waals surface area contributed by atoms with Crippen LogP contribution >= 0.6 is 15.9 Å². The molecule has 4 nitrogen and oxygen atoms in total. The van der Waals surface area contributed by atoms with Crippen LogP contribution in [0.4, 0.5) is 14.9 Å². The fourth-order valence-corrected chi connectivity index (χ4v) is 1.95. The standard InChI is InChI=1S/C14H20BrFN2O2/c1-14(2,3)20-13(19)18-6-4-5-17-12-8-10(15)7-11(16)9-12/h7-9,17H,4-6H2,1-3H3,(H,18,19). The van der Waals surface area contributed by atoms with E-state index in [-0.39, 0.29) is 5.82 Å². The van der Waals surface area contributed by atoms with E-state index < -0.39 is 11.7 Å². The fourth-order valence-electron chi connectivity index (χ4n) is 1.48. The first-order valence-corrected chi connectivity index (χ1v) is 7.22. The maximum atomic E-state index is 13.1. The van der Waals surface area contributed by atoms with E-state index in [4.69, 9.17) is 4.74 Å². The van der Waals surface area contributed by atoms with Crippen LogP contribution in [0.25, 0.3) is 0 Å². The average Bonchev–Trinajstić information content (AvgIpc) is 2.24. The number of alkyl carbamates (subject to hydrolysis) is 1. The number of carbonyl (C=O) groups is 1. The highest BCUT2D eigenvalue weighted by Gasteiger charge is 2.15. The van der Waals surface area contributed by atoms with Crippen molar-refractivity contribution in [3.63, 3.8) is 0 Å². The molecule has 0 saturated heterocycles. The summed E-state index contributed by atoms with van der Waals surface area (Å²) in [5.41, 5.74) is 0.213. The maximum Gasteiger partial charge on any atom is 0.407 e. The molecular formula is C14H20BrFN2O2. The Bertz CT molecular complexity index is 441. The number of ether oxygens (including phenoxy) is 1. The molecule has 0 aliphatic rings. The molecule has 0 fully saturated rings. The number of amides is 1. The van der Waals surface area contributed by atoms with Gasteiger partial charge in [-0.3, -0.25) is 0 Å². The Morgan fingerprint density at radius 2 is 2.00 bits per heavy atom. The van der Waals surface area contributed by atoms with Gasteiger partial charge in [-0.05, 0) is 45.4 Å². The van der Waals surface area contributed by atoms with Crippen molar-refractivity contribution in [2.24, 2.45) is 0 Å². The molecule has 1 amide bonds. The van der Waals surface area contributed by atoms with Crippen molar-refractivity contribution in [3.05, 3.63) is 28.5 Å². The van der Waals surface area contributed by atoms with Gasteiger partial charge in [-0.2, -0.15) is 0 Å². The smallest absolute Gasteiger partial charge is 0.407 e. The predicted octanol–water partition coefficient (Wildman–Crippen LogP) is 3.91. The molecule has 0 unspecified atom stereocenters.